The van der Waals surface area contributed by atoms with Crippen LogP contribution >= 0.6 is 0 Å². The van der Waals surface area contributed by atoms with Gasteiger partial charge < -0.3 is 16.0 Å². The van der Waals surface area contributed by atoms with E-state index in [1.165, 1.54) is 24.3 Å². The van der Waals surface area contributed by atoms with Gasteiger partial charge in [0, 0.05) is 19.1 Å². The molecule has 0 saturated carbocycles. The van der Waals surface area contributed by atoms with Crippen LogP contribution in [0, 0.1) is 5.82 Å². The fourth-order valence-electron chi connectivity index (χ4n) is 3.29. The molecule has 0 aliphatic carbocycles. The van der Waals surface area contributed by atoms with Crippen molar-refractivity contribution in [3.05, 3.63) is 35.6 Å². The standard InChI is InChI=1S/C17H21FN4O3/c1-17(11-4-6-12(18)7-5-11)15(24)22(16(25)20-17)10-14(23)21-8-2-3-13(19)9-21/h4-7,13H,2-3,8-10,19H2,1H3,(H,20,25). The van der Waals surface area contributed by atoms with Crippen LogP contribution in [-0.4, -0.2) is 53.3 Å². The Labute approximate surface area is 144 Å². The number of carbonyl (C=O) groups is 3. The monoisotopic (exact) mass is 348 g/mol. The summed E-state index contributed by atoms with van der Waals surface area (Å²) >= 11 is 0. The molecule has 3 rings (SSSR count). The number of halogens is 1. The van der Waals surface area contributed by atoms with E-state index in [0.29, 0.717) is 18.7 Å². The van der Waals surface area contributed by atoms with Gasteiger partial charge in [-0.3, -0.25) is 14.5 Å². The summed E-state index contributed by atoms with van der Waals surface area (Å²) in [7, 11) is 0. The third-order valence-electron chi connectivity index (χ3n) is 4.80. The predicted octanol–water partition coefficient (Wildman–Crippen LogP) is 0.542. The number of imide groups is 1. The topological polar surface area (TPSA) is 95.7 Å². The Bertz CT molecular complexity index is 708. The second-order valence-corrected chi connectivity index (χ2v) is 6.70. The number of carbonyl (C=O) groups excluding carboxylic acids is 3. The predicted molar refractivity (Wildman–Crippen MR) is 87.8 cm³/mol. The summed E-state index contributed by atoms with van der Waals surface area (Å²) in [6, 6.07) is 4.63. The molecule has 0 spiro atoms. The van der Waals surface area contributed by atoms with Crippen LogP contribution in [-0.2, 0) is 15.1 Å². The number of urea groups is 1. The van der Waals surface area contributed by atoms with Gasteiger partial charge in [-0.2, -0.15) is 0 Å². The van der Waals surface area contributed by atoms with Crippen LogP contribution < -0.4 is 11.1 Å². The number of hydrogen-bond acceptors (Lipinski definition) is 4. The van der Waals surface area contributed by atoms with E-state index in [2.05, 4.69) is 5.32 Å². The normalized spacial score (nSPS) is 26.8. The summed E-state index contributed by atoms with van der Waals surface area (Å²) in [5.41, 5.74) is 5.02. The molecule has 25 heavy (non-hydrogen) atoms. The number of likely N-dealkylation sites (tertiary alicyclic amines) is 1. The number of nitrogens with zero attached hydrogens (tertiary/aromatic N) is 2. The number of nitrogens with one attached hydrogen (secondary N) is 1. The molecule has 2 aliphatic rings. The van der Waals surface area contributed by atoms with E-state index >= 15 is 0 Å². The summed E-state index contributed by atoms with van der Waals surface area (Å²) in [4.78, 5) is 39.9. The quantitative estimate of drug-likeness (QED) is 0.780. The van der Waals surface area contributed by atoms with Crippen LogP contribution in [0.25, 0.3) is 0 Å². The highest BCUT2D eigenvalue weighted by Gasteiger charge is 2.49. The Balaban J connectivity index is 1.75. The number of hydrogen-bond donors (Lipinski definition) is 2. The van der Waals surface area contributed by atoms with Crippen LogP contribution in [0.4, 0.5) is 9.18 Å². The second kappa shape index (κ2) is 6.44. The zero-order chi connectivity index (χ0) is 18.2. The first-order valence-corrected chi connectivity index (χ1v) is 8.25. The molecule has 0 bridgehead atoms. The largest absolute Gasteiger partial charge is 0.340 e. The van der Waals surface area contributed by atoms with Gasteiger partial charge in [0.1, 0.15) is 17.9 Å². The van der Waals surface area contributed by atoms with Crippen LogP contribution in [0.2, 0.25) is 0 Å². The van der Waals surface area contributed by atoms with Gasteiger partial charge in [-0.15, -0.1) is 0 Å². The average molecular weight is 348 g/mol. The molecular weight excluding hydrogens is 327 g/mol. The number of rotatable bonds is 3. The average Bonchev–Trinajstić information content (AvgIpc) is 2.79. The number of piperidine rings is 1. The molecule has 1 aromatic carbocycles. The highest BCUT2D eigenvalue weighted by atomic mass is 19.1. The van der Waals surface area contributed by atoms with E-state index < -0.39 is 23.3 Å². The lowest BCUT2D eigenvalue weighted by atomic mass is 9.92. The van der Waals surface area contributed by atoms with Crippen LogP contribution in [0.1, 0.15) is 25.3 Å². The van der Waals surface area contributed by atoms with Crippen LogP contribution in [0.3, 0.4) is 0 Å². The zero-order valence-corrected chi connectivity index (χ0v) is 14.0. The first-order chi connectivity index (χ1) is 11.8. The molecule has 2 unspecified atom stereocenters. The van der Waals surface area contributed by atoms with E-state index in [1.54, 1.807) is 11.8 Å². The molecule has 2 saturated heterocycles. The van der Waals surface area contributed by atoms with Gasteiger partial charge in [0.05, 0.1) is 0 Å². The molecule has 2 atom stereocenters. The molecule has 8 heteroatoms. The Kier molecular flexibility index (Phi) is 4.47. The maximum absolute atomic E-state index is 13.1. The molecule has 0 aromatic heterocycles. The summed E-state index contributed by atoms with van der Waals surface area (Å²) < 4.78 is 13.1. The van der Waals surface area contributed by atoms with Crippen LogP contribution in [0.15, 0.2) is 24.3 Å². The van der Waals surface area contributed by atoms with Crippen molar-refractivity contribution < 1.29 is 18.8 Å². The van der Waals surface area contributed by atoms with Crippen molar-refractivity contribution in [3.8, 4) is 0 Å². The molecule has 3 N–H and O–H groups in total. The number of nitrogens with two attached hydrogens (primary N) is 1. The highest BCUT2D eigenvalue weighted by molar-refractivity contribution is 6.09. The van der Waals surface area contributed by atoms with Crippen molar-refractivity contribution in [2.24, 2.45) is 5.73 Å². The third-order valence-corrected chi connectivity index (χ3v) is 4.80. The van der Waals surface area contributed by atoms with Crippen molar-refractivity contribution in [2.75, 3.05) is 19.6 Å². The van der Waals surface area contributed by atoms with E-state index in [-0.39, 0.29) is 18.5 Å². The van der Waals surface area contributed by atoms with Gasteiger partial charge in [0.2, 0.25) is 5.91 Å². The summed E-state index contributed by atoms with van der Waals surface area (Å²) in [5, 5.41) is 2.60. The first kappa shape index (κ1) is 17.3. The SMILES string of the molecule is CC1(c2ccc(F)cc2)NC(=O)N(CC(=O)N2CCCC(N)C2)C1=O. The first-order valence-electron chi connectivity index (χ1n) is 8.25. The Morgan fingerprint density at radius 1 is 1.36 bits per heavy atom. The molecule has 0 radical (unpaired) electrons. The molecule has 134 valence electrons. The Hall–Kier alpha value is -2.48. The van der Waals surface area contributed by atoms with Crippen molar-refractivity contribution >= 4 is 17.8 Å². The minimum atomic E-state index is -1.32. The lowest BCUT2D eigenvalue weighted by molar-refractivity contribution is -0.139. The molecule has 2 fully saturated rings. The minimum Gasteiger partial charge on any atom is -0.340 e. The van der Waals surface area contributed by atoms with E-state index in [4.69, 9.17) is 5.73 Å². The summed E-state index contributed by atoms with van der Waals surface area (Å²) in [6.07, 6.45) is 1.66. The van der Waals surface area contributed by atoms with E-state index in [0.717, 1.165) is 17.7 Å². The molecule has 7 nitrogen and oxygen atoms in total. The van der Waals surface area contributed by atoms with Gasteiger partial charge in [0.15, 0.2) is 0 Å². The maximum Gasteiger partial charge on any atom is 0.325 e. The van der Waals surface area contributed by atoms with E-state index in [1.807, 2.05) is 0 Å². The van der Waals surface area contributed by atoms with Crippen molar-refractivity contribution in [1.29, 1.82) is 0 Å². The zero-order valence-electron chi connectivity index (χ0n) is 14.0. The van der Waals surface area contributed by atoms with Crippen LogP contribution in [0.5, 0.6) is 0 Å². The Morgan fingerprint density at radius 3 is 2.68 bits per heavy atom. The Morgan fingerprint density at radius 2 is 2.04 bits per heavy atom. The van der Waals surface area contributed by atoms with Gasteiger partial charge >= 0.3 is 6.03 Å². The molecule has 4 amide bonds. The summed E-state index contributed by atoms with van der Waals surface area (Å²) in [6.45, 7) is 2.22. The second-order valence-electron chi connectivity index (χ2n) is 6.70. The van der Waals surface area contributed by atoms with Crippen molar-refractivity contribution in [3.63, 3.8) is 0 Å². The van der Waals surface area contributed by atoms with Crippen molar-refractivity contribution in [2.45, 2.75) is 31.3 Å². The number of benzene rings is 1. The maximum atomic E-state index is 13.1. The molecular formula is C17H21FN4O3. The summed E-state index contributed by atoms with van der Waals surface area (Å²) in [5.74, 6) is -1.27. The van der Waals surface area contributed by atoms with Gasteiger partial charge in [0.25, 0.3) is 5.91 Å². The fraction of sp³-hybridized carbons (Fsp3) is 0.471. The molecule has 2 heterocycles. The van der Waals surface area contributed by atoms with Crippen molar-refractivity contribution in [1.82, 2.24) is 15.1 Å². The smallest absolute Gasteiger partial charge is 0.325 e. The number of amides is 4. The van der Waals surface area contributed by atoms with Gasteiger partial charge in [-0.1, -0.05) is 12.1 Å². The molecule has 2 aliphatic heterocycles. The van der Waals surface area contributed by atoms with E-state index in [9.17, 15) is 18.8 Å². The lowest BCUT2D eigenvalue weighted by Gasteiger charge is -2.31. The van der Waals surface area contributed by atoms with Gasteiger partial charge in [-0.25, -0.2) is 9.18 Å². The molecule has 1 aromatic rings. The van der Waals surface area contributed by atoms with Gasteiger partial charge in [-0.05, 0) is 37.5 Å². The minimum absolute atomic E-state index is 0.0784. The fourth-order valence-corrected chi connectivity index (χ4v) is 3.29. The third kappa shape index (κ3) is 3.21. The lowest BCUT2D eigenvalue weighted by Crippen LogP contribution is -2.50. The highest BCUT2D eigenvalue weighted by Crippen LogP contribution is 2.29.